The fraction of sp³-hybridized carbons (Fsp3) is 0.923. The maximum absolute atomic E-state index is 11.7. The molecule has 0 aliphatic carbocycles. The van der Waals surface area contributed by atoms with Crippen LogP contribution in [-0.4, -0.2) is 42.2 Å². The van der Waals surface area contributed by atoms with E-state index in [4.69, 9.17) is 10.8 Å². The lowest BCUT2D eigenvalue weighted by molar-refractivity contribution is -0.122. The van der Waals surface area contributed by atoms with Crippen LogP contribution in [0, 0.1) is 11.8 Å². The molecule has 0 radical (unpaired) electrons. The van der Waals surface area contributed by atoms with Crippen LogP contribution in [0.5, 0.6) is 0 Å². The van der Waals surface area contributed by atoms with Crippen LogP contribution in [0.15, 0.2) is 0 Å². The first kappa shape index (κ1) is 17.7. The maximum atomic E-state index is 11.7. The summed E-state index contributed by atoms with van der Waals surface area (Å²) < 4.78 is 0. The van der Waals surface area contributed by atoms with E-state index in [-0.39, 0.29) is 12.5 Å². The number of hydrogen-bond acceptors (Lipinski definition) is 4. The molecule has 0 aromatic carbocycles. The Morgan fingerprint density at radius 2 is 2.06 bits per heavy atom. The lowest BCUT2D eigenvalue weighted by atomic mass is 9.94. The number of thioether (sulfide) groups is 1. The second-order valence-electron chi connectivity index (χ2n) is 5.14. The summed E-state index contributed by atoms with van der Waals surface area (Å²) in [6, 6.07) is -0.411. The SMILES string of the molecule is CSCC[C@H](N)C(=O)NCC(CCO)CC(C)C. The summed E-state index contributed by atoms with van der Waals surface area (Å²) in [5, 5.41) is 11.9. The molecule has 108 valence electrons. The summed E-state index contributed by atoms with van der Waals surface area (Å²) in [6.45, 7) is 5.09. The second kappa shape index (κ2) is 10.6. The summed E-state index contributed by atoms with van der Waals surface area (Å²) in [5.74, 6) is 1.74. The molecule has 0 saturated carbocycles. The molecule has 18 heavy (non-hydrogen) atoms. The Bertz CT molecular complexity index is 225. The highest BCUT2D eigenvalue weighted by Gasteiger charge is 2.16. The first-order valence-electron chi connectivity index (χ1n) is 6.64. The molecule has 5 heteroatoms. The number of nitrogens with two attached hydrogens (primary N) is 1. The minimum Gasteiger partial charge on any atom is -0.396 e. The summed E-state index contributed by atoms with van der Waals surface area (Å²) in [5.41, 5.74) is 5.79. The van der Waals surface area contributed by atoms with Crippen molar-refractivity contribution in [2.45, 2.75) is 39.2 Å². The Labute approximate surface area is 115 Å². The van der Waals surface area contributed by atoms with Crippen molar-refractivity contribution in [2.75, 3.05) is 25.2 Å². The zero-order chi connectivity index (χ0) is 14.0. The minimum absolute atomic E-state index is 0.0734. The standard InChI is InChI=1S/C13H28N2O2S/c1-10(2)8-11(4-6-16)9-15-13(17)12(14)5-7-18-3/h10-12,16H,4-9,14H2,1-3H3,(H,15,17)/t11?,12-/m0/s1. The van der Waals surface area contributed by atoms with Crippen LogP contribution in [0.1, 0.15) is 33.1 Å². The molecule has 0 aromatic heterocycles. The third-order valence-electron chi connectivity index (χ3n) is 2.88. The fourth-order valence-corrected chi connectivity index (χ4v) is 2.39. The van der Waals surface area contributed by atoms with Crippen molar-refractivity contribution >= 4 is 17.7 Å². The van der Waals surface area contributed by atoms with Crippen LogP contribution in [-0.2, 0) is 4.79 Å². The summed E-state index contributed by atoms with van der Waals surface area (Å²) >= 11 is 1.70. The summed E-state index contributed by atoms with van der Waals surface area (Å²) in [4.78, 5) is 11.7. The predicted octanol–water partition coefficient (Wildman–Crippen LogP) is 1.23. The smallest absolute Gasteiger partial charge is 0.236 e. The van der Waals surface area contributed by atoms with Crippen LogP contribution in [0.4, 0.5) is 0 Å². The molecule has 1 unspecified atom stereocenters. The summed E-state index contributed by atoms with van der Waals surface area (Å²) in [6.07, 6.45) is 4.46. The molecule has 0 aliphatic heterocycles. The van der Waals surface area contributed by atoms with Gasteiger partial charge in [-0.3, -0.25) is 4.79 Å². The number of amides is 1. The predicted molar refractivity (Wildman–Crippen MR) is 78.6 cm³/mol. The molecular formula is C13H28N2O2S. The molecular weight excluding hydrogens is 248 g/mol. The monoisotopic (exact) mass is 276 g/mol. The molecule has 0 spiro atoms. The lowest BCUT2D eigenvalue weighted by Gasteiger charge is -2.20. The van der Waals surface area contributed by atoms with Crippen LogP contribution in [0.3, 0.4) is 0 Å². The van der Waals surface area contributed by atoms with Gasteiger partial charge in [-0.25, -0.2) is 0 Å². The van der Waals surface area contributed by atoms with Crippen molar-refractivity contribution in [3.8, 4) is 0 Å². The van der Waals surface area contributed by atoms with Crippen LogP contribution < -0.4 is 11.1 Å². The Morgan fingerprint density at radius 3 is 2.56 bits per heavy atom. The number of nitrogens with one attached hydrogen (secondary N) is 1. The quantitative estimate of drug-likeness (QED) is 0.561. The van der Waals surface area contributed by atoms with Crippen LogP contribution in [0.25, 0.3) is 0 Å². The molecule has 2 atom stereocenters. The van der Waals surface area contributed by atoms with E-state index in [2.05, 4.69) is 19.2 Å². The van der Waals surface area contributed by atoms with Crippen LogP contribution in [0.2, 0.25) is 0 Å². The van der Waals surface area contributed by atoms with Gasteiger partial charge in [0.05, 0.1) is 6.04 Å². The van der Waals surface area contributed by atoms with E-state index >= 15 is 0 Å². The molecule has 4 N–H and O–H groups in total. The average Bonchev–Trinajstić information content (AvgIpc) is 2.32. The zero-order valence-corrected chi connectivity index (χ0v) is 12.6. The topological polar surface area (TPSA) is 75.4 Å². The van der Waals surface area contributed by atoms with E-state index in [0.717, 1.165) is 18.6 Å². The summed E-state index contributed by atoms with van der Waals surface area (Å²) in [7, 11) is 0. The van der Waals surface area contributed by atoms with E-state index in [1.165, 1.54) is 0 Å². The number of aliphatic hydroxyl groups is 1. The normalized spacial score (nSPS) is 14.6. The molecule has 1 amide bonds. The zero-order valence-electron chi connectivity index (χ0n) is 11.8. The van der Waals surface area contributed by atoms with Gasteiger partial charge in [-0.2, -0.15) is 11.8 Å². The third kappa shape index (κ3) is 8.78. The average molecular weight is 276 g/mol. The number of hydrogen-bond donors (Lipinski definition) is 3. The molecule has 4 nitrogen and oxygen atoms in total. The molecule has 0 aromatic rings. The van der Waals surface area contributed by atoms with Gasteiger partial charge < -0.3 is 16.2 Å². The largest absolute Gasteiger partial charge is 0.396 e. The van der Waals surface area contributed by atoms with Crippen molar-refractivity contribution in [3.63, 3.8) is 0 Å². The first-order chi connectivity index (χ1) is 8.51. The number of carbonyl (C=O) groups is 1. The van der Waals surface area contributed by atoms with Gasteiger partial charge in [0, 0.05) is 13.2 Å². The van der Waals surface area contributed by atoms with Gasteiger partial charge in [-0.15, -0.1) is 0 Å². The first-order valence-corrected chi connectivity index (χ1v) is 8.03. The highest BCUT2D eigenvalue weighted by Crippen LogP contribution is 2.14. The maximum Gasteiger partial charge on any atom is 0.236 e. The Balaban J connectivity index is 3.97. The third-order valence-corrected chi connectivity index (χ3v) is 3.52. The molecule has 0 fully saturated rings. The molecule has 0 bridgehead atoms. The molecule has 0 saturated heterocycles. The molecule has 0 aliphatic rings. The highest BCUT2D eigenvalue weighted by atomic mass is 32.2. The highest BCUT2D eigenvalue weighted by molar-refractivity contribution is 7.98. The van der Waals surface area contributed by atoms with Gasteiger partial charge in [0.25, 0.3) is 0 Å². The van der Waals surface area contributed by atoms with Gasteiger partial charge in [0.2, 0.25) is 5.91 Å². The van der Waals surface area contributed by atoms with E-state index in [1.54, 1.807) is 11.8 Å². The number of carbonyl (C=O) groups excluding carboxylic acids is 1. The van der Waals surface area contributed by atoms with Crippen molar-refractivity contribution in [1.82, 2.24) is 5.32 Å². The van der Waals surface area contributed by atoms with E-state index < -0.39 is 6.04 Å². The van der Waals surface area contributed by atoms with Crippen molar-refractivity contribution in [3.05, 3.63) is 0 Å². The lowest BCUT2D eigenvalue weighted by Crippen LogP contribution is -2.43. The minimum atomic E-state index is -0.411. The molecule has 0 heterocycles. The van der Waals surface area contributed by atoms with E-state index in [0.29, 0.717) is 24.8 Å². The van der Waals surface area contributed by atoms with Crippen LogP contribution >= 0.6 is 11.8 Å². The Hall–Kier alpha value is -0.260. The fourth-order valence-electron chi connectivity index (χ4n) is 1.90. The number of aliphatic hydroxyl groups excluding tert-OH is 1. The Kier molecular flexibility index (Phi) is 10.5. The molecule has 0 rings (SSSR count). The van der Waals surface area contributed by atoms with Gasteiger partial charge in [0.1, 0.15) is 0 Å². The van der Waals surface area contributed by atoms with Crippen molar-refractivity contribution < 1.29 is 9.90 Å². The van der Waals surface area contributed by atoms with E-state index in [9.17, 15) is 4.79 Å². The Morgan fingerprint density at radius 1 is 1.39 bits per heavy atom. The van der Waals surface area contributed by atoms with E-state index in [1.807, 2.05) is 6.26 Å². The van der Waals surface area contributed by atoms with Gasteiger partial charge in [0.15, 0.2) is 0 Å². The van der Waals surface area contributed by atoms with Crippen molar-refractivity contribution in [1.29, 1.82) is 0 Å². The van der Waals surface area contributed by atoms with Crippen molar-refractivity contribution in [2.24, 2.45) is 17.6 Å². The second-order valence-corrected chi connectivity index (χ2v) is 6.13. The van der Waals surface area contributed by atoms with Gasteiger partial charge >= 0.3 is 0 Å². The van der Waals surface area contributed by atoms with Gasteiger partial charge in [-0.1, -0.05) is 13.8 Å². The number of rotatable bonds is 10. The van der Waals surface area contributed by atoms with Gasteiger partial charge in [-0.05, 0) is 43.1 Å².